The van der Waals surface area contributed by atoms with Crippen molar-refractivity contribution in [3.05, 3.63) is 59.2 Å². The molecular formula is C20H24N2O5S. The smallest absolute Gasteiger partial charge is 0.252 e. The molecule has 0 spiro atoms. The highest BCUT2D eigenvalue weighted by Crippen LogP contribution is 2.31. The minimum absolute atomic E-state index is 0.0479. The Bertz CT molecular complexity index is 959. The van der Waals surface area contributed by atoms with E-state index in [-0.39, 0.29) is 30.0 Å². The summed E-state index contributed by atoms with van der Waals surface area (Å²) in [6, 6.07) is 11.9. The van der Waals surface area contributed by atoms with Gasteiger partial charge in [0.1, 0.15) is 5.75 Å². The van der Waals surface area contributed by atoms with E-state index in [0.717, 1.165) is 11.3 Å². The fourth-order valence-electron chi connectivity index (χ4n) is 3.10. The van der Waals surface area contributed by atoms with Crippen LogP contribution in [0.5, 0.6) is 5.75 Å². The number of ether oxygens (including phenoxy) is 2. The number of nitrogens with one attached hydrogen (secondary N) is 2. The fraction of sp³-hybridized carbons (Fsp3) is 0.350. The first-order valence-electron chi connectivity index (χ1n) is 9.04. The molecule has 0 radical (unpaired) electrons. The van der Waals surface area contributed by atoms with Crippen LogP contribution in [0, 0.1) is 6.92 Å². The highest BCUT2D eigenvalue weighted by molar-refractivity contribution is 7.89. The van der Waals surface area contributed by atoms with Crippen LogP contribution in [0.25, 0.3) is 0 Å². The number of fused-ring (bicyclic) bond motifs is 1. The maximum absolute atomic E-state index is 12.9. The van der Waals surface area contributed by atoms with Gasteiger partial charge in [-0.25, -0.2) is 13.1 Å². The van der Waals surface area contributed by atoms with Crippen LogP contribution in [0.1, 0.15) is 33.9 Å². The Morgan fingerprint density at radius 1 is 1.25 bits per heavy atom. The molecule has 0 fully saturated rings. The van der Waals surface area contributed by atoms with Gasteiger partial charge in [0.25, 0.3) is 5.91 Å². The van der Waals surface area contributed by atoms with E-state index < -0.39 is 10.0 Å². The first kappa shape index (κ1) is 20.3. The Balaban J connectivity index is 1.81. The highest BCUT2D eigenvalue weighted by atomic mass is 32.2. The molecule has 1 amide bonds. The second-order valence-electron chi connectivity index (χ2n) is 6.57. The average molecular weight is 404 g/mol. The lowest BCUT2D eigenvalue weighted by Crippen LogP contribution is -2.33. The van der Waals surface area contributed by atoms with Crippen LogP contribution in [0.15, 0.2) is 47.4 Å². The molecule has 8 heteroatoms. The molecule has 2 N–H and O–H groups in total. The fourth-order valence-corrected chi connectivity index (χ4v) is 4.14. The van der Waals surface area contributed by atoms with Gasteiger partial charge in [-0.05, 0) is 30.7 Å². The van der Waals surface area contributed by atoms with Crippen LogP contribution in [-0.2, 0) is 14.8 Å². The molecule has 3 rings (SSSR count). The normalized spacial score (nSPS) is 16.1. The number of hydrogen-bond acceptors (Lipinski definition) is 5. The number of hydrogen-bond donors (Lipinski definition) is 2. The molecule has 0 aromatic heterocycles. The molecule has 7 nitrogen and oxygen atoms in total. The third kappa shape index (κ3) is 4.52. The number of amides is 1. The van der Waals surface area contributed by atoms with Crippen molar-refractivity contribution >= 4 is 15.9 Å². The SMILES string of the molecule is COCCNS(=O)(=O)c1ccc(C)c(C(=O)N[C@H]2CCOc3ccccc32)c1. The van der Waals surface area contributed by atoms with Gasteiger partial charge < -0.3 is 14.8 Å². The Kier molecular flexibility index (Phi) is 6.33. The van der Waals surface area contributed by atoms with Crippen LogP contribution in [0.4, 0.5) is 0 Å². The number of para-hydroxylation sites is 1. The molecule has 0 unspecified atom stereocenters. The highest BCUT2D eigenvalue weighted by Gasteiger charge is 2.24. The zero-order valence-corrected chi connectivity index (χ0v) is 16.7. The van der Waals surface area contributed by atoms with Gasteiger partial charge in [-0.15, -0.1) is 0 Å². The first-order valence-corrected chi connectivity index (χ1v) is 10.5. The largest absolute Gasteiger partial charge is 0.493 e. The minimum atomic E-state index is -3.72. The second kappa shape index (κ2) is 8.72. The summed E-state index contributed by atoms with van der Waals surface area (Å²) in [6.45, 7) is 2.72. The first-order chi connectivity index (χ1) is 13.4. The number of sulfonamides is 1. The van der Waals surface area contributed by atoms with E-state index in [2.05, 4.69) is 10.0 Å². The van der Waals surface area contributed by atoms with Crippen LogP contribution < -0.4 is 14.8 Å². The maximum atomic E-state index is 12.9. The number of carbonyl (C=O) groups is 1. The molecule has 0 aliphatic carbocycles. The van der Waals surface area contributed by atoms with E-state index in [0.29, 0.717) is 24.2 Å². The molecule has 2 aromatic carbocycles. The Hall–Kier alpha value is -2.42. The monoisotopic (exact) mass is 404 g/mol. The molecule has 150 valence electrons. The minimum Gasteiger partial charge on any atom is -0.493 e. The van der Waals surface area contributed by atoms with Crippen LogP contribution >= 0.6 is 0 Å². The molecule has 0 saturated carbocycles. The van der Waals surface area contributed by atoms with Crippen LogP contribution in [0.2, 0.25) is 0 Å². The number of methoxy groups -OCH3 is 1. The maximum Gasteiger partial charge on any atom is 0.252 e. The Morgan fingerprint density at radius 2 is 2.04 bits per heavy atom. The standard InChI is InChI=1S/C20H24N2O5S/c1-14-7-8-15(28(24,25)21-10-12-26-2)13-17(14)20(23)22-18-9-11-27-19-6-4-3-5-16(18)19/h3-8,13,18,21H,9-12H2,1-2H3,(H,22,23)/t18-/m0/s1. The van der Waals surface area contributed by atoms with E-state index in [1.54, 1.807) is 13.0 Å². The summed E-state index contributed by atoms with van der Waals surface area (Å²) in [6.07, 6.45) is 0.651. The summed E-state index contributed by atoms with van der Waals surface area (Å²) in [5.41, 5.74) is 1.96. The van der Waals surface area contributed by atoms with E-state index in [9.17, 15) is 13.2 Å². The van der Waals surface area contributed by atoms with Crippen LogP contribution in [-0.4, -0.2) is 41.2 Å². The Labute approximate surface area is 165 Å². The Morgan fingerprint density at radius 3 is 2.82 bits per heavy atom. The van der Waals surface area contributed by atoms with Crippen molar-refractivity contribution in [2.75, 3.05) is 26.9 Å². The third-order valence-corrected chi connectivity index (χ3v) is 6.08. The van der Waals surface area contributed by atoms with Gasteiger partial charge in [0.15, 0.2) is 0 Å². The lowest BCUT2D eigenvalue weighted by Gasteiger charge is -2.27. The number of rotatable bonds is 7. The van der Waals surface area contributed by atoms with E-state index in [1.165, 1.54) is 19.2 Å². The van der Waals surface area contributed by atoms with Crippen LogP contribution in [0.3, 0.4) is 0 Å². The number of benzene rings is 2. The van der Waals surface area contributed by atoms with Gasteiger partial charge in [0.2, 0.25) is 10.0 Å². The summed E-state index contributed by atoms with van der Waals surface area (Å²) in [7, 11) is -2.22. The molecule has 2 aromatic rings. The van der Waals surface area contributed by atoms with E-state index in [1.807, 2.05) is 24.3 Å². The lowest BCUT2D eigenvalue weighted by atomic mass is 9.99. The molecular weight excluding hydrogens is 380 g/mol. The van der Waals surface area contributed by atoms with Crippen molar-refractivity contribution in [3.8, 4) is 5.75 Å². The van der Waals surface area contributed by atoms with Gasteiger partial charge in [-0.2, -0.15) is 0 Å². The summed E-state index contributed by atoms with van der Waals surface area (Å²) in [5.74, 6) is 0.447. The van der Waals surface area contributed by atoms with E-state index in [4.69, 9.17) is 9.47 Å². The van der Waals surface area contributed by atoms with Gasteiger partial charge in [0, 0.05) is 31.2 Å². The lowest BCUT2D eigenvalue weighted by molar-refractivity contribution is 0.0924. The van der Waals surface area contributed by atoms with Crippen molar-refractivity contribution in [1.82, 2.24) is 10.0 Å². The summed E-state index contributed by atoms with van der Waals surface area (Å²) in [4.78, 5) is 12.9. The van der Waals surface area contributed by atoms with Gasteiger partial charge in [0.05, 0.1) is 24.2 Å². The predicted molar refractivity (Wildman–Crippen MR) is 105 cm³/mol. The zero-order chi connectivity index (χ0) is 20.1. The number of aryl methyl sites for hydroxylation is 1. The van der Waals surface area contributed by atoms with Gasteiger partial charge >= 0.3 is 0 Å². The molecule has 0 saturated heterocycles. The molecule has 1 heterocycles. The predicted octanol–water partition coefficient (Wildman–Crippen LogP) is 2.17. The average Bonchev–Trinajstić information content (AvgIpc) is 2.68. The summed E-state index contributed by atoms with van der Waals surface area (Å²) >= 11 is 0. The van der Waals surface area contributed by atoms with Gasteiger partial charge in [-0.1, -0.05) is 24.3 Å². The molecule has 0 bridgehead atoms. The van der Waals surface area contributed by atoms with Crippen molar-refractivity contribution in [1.29, 1.82) is 0 Å². The summed E-state index contributed by atoms with van der Waals surface area (Å²) in [5, 5.41) is 3.01. The van der Waals surface area contributed by atoms with Crippen molar-refractivity contribution < 1.29 is 22.7 Å². The topological polar surface area (TPSA) is 93.7 Å². The third-order valence-electron chi connectivity index (χ3n) is 4.63. The quantitative estimate of drug-likeness (QED) is 0.690. The zero-order valence-electron chi connectivity index (χ0n) is 15.9. The molecule has 1 atom stereocenters. The van der Waals surface area contributed by atoms with Gasteiger partial charge in [-0.3, -0.25) is 4.79 Å². The molecule has 1 aliphatic rings. The number of carbonyl (C=O) groups excluding carboxylic acids is 1. The van der Waals surface area contributed by atoms with E-state index >= 15 is 0 Å². The molecule has 28 heavy (non-hydrogen) atoms. The van der Waals surface area contributed by atoms with Crippen molar-refractivity contribution in [2.45, 2.75) is 24.3 Å². The van der Waals surface area contributed by atoms with Crippen molar-refractivity contribution in [2.24, 2.45) is 0 Å². The summed E-state index contributed by atoms with van der Waals surface area (Å²) < 4.78 is 37.8. The molecule has 1 aliphatic heterocycles. The second-order valence-corrected chi connectivity index (χ2v) is 8.34. The van der Waals surface area contributed by atoms with Crippen molar-refractivity contribution in [3.63, 3.8) is 0 Å².